The molecule has 0 spiro atoms. The van der Waals surface area contributed by atoms with Gasteiger partial charge >= 0.3 is 23.3 Å². The van der Waals surface area contributed by atoms with Crippen LogP contribution in [0.5, 0.6) is 0 Å². The molecule has 0 aliphatic rings. The molecule has 0 unspecified atom stereocenters. The average Bonchev–Trinajstić information content (AvgIpc) is 2.64. The third-order valence-corrected chi connectivity index (χ3v) is 3.75. The lowest BCUT2D eigenvalue weighted by atomic mass is 10.1. The molecule has 0 radical (unpaired) electrons. The minimum atomic E-state index is -5.09. The number of carbonyl (C=O) groups excluding carboxylic acids is 1. The standard InChI is InChI=1S/C16H10F3N5O5/c17-16(18,19)9-6-10-12(7-11(9)24(28)29)23(14(26)13(25)21-10)22-15(27)20-8-4-2-1-3-5-8/h1-7H,(H,21,25)(H2,20,22,27). The maximum Gasteiger partial charge on any atom is 0.423 e. The smallest absolute Gasteiger partial charge is 0.316 e. The zero-order valence-corrected chi connectivity index (χ0v) is 14.1. The van der Waals surface area contributed by atoms with Gasteiger partial charge < -0.3 is 10.3 Å². The molecule has 150 valence electrons. The van der Waals surface area contributed by atoms with E-state index in [9.17, 15) is 37.7 Å². The number of rotatable bonds is 3. The number of alkyl halides is 3. The van der Waals surface area contributed by atoms with Crippen molar-refractivity contribution >= 4 is 28.4 Å². The highest BCUT2D eigenvalue weighted by atomic mass is 19.4. The molecular weight excluding hydrogens is 399 g/mol. The van der Waals surface area contributed by atoms with E-state index in [4.69, 9.17) is 0 Å². The fraction of sp³-hybridized carbons (Fsp3) is 0.0625. The molecule has 0 aliphatic carbocycles. The number of aromatic amines is 1. The molecule has 0 saturated carbocycles. The van der Waals surface area contributed by atoms with Gasteiger partial charge in [0.25, 0.3) is 5.69 Å². The summed E-state index contributed by atoms with van der Waals surface area (Å²) in [6.07, 6.45) is -5.09. The van der Waals surface area contributed by atoms with Crippen LogP contribution < -0.4 is 21.9 Å². The number of nitro benzene ring substituents is 1. The number of nitrogens with zero attached hydrogens (tertiary/aromatic N) is 2. The summed E-state index contributed by atoms with van der Waals surface area (Å²) in [6, 6.07) is 7.67. The zero-order valence-electron chi connectivity index (χ0n) is 14.1. The lowest BCUT2D eigenvalue weighted by Crippen LogP contribution is -2.43. The molecule has 3 rings (SSSR count). The summed E-state index contributed by atoms with van der Waals surface area (Å²) >= 11 is 0. The largest absolute Gasteiger partial charge is 0.423 e. The van der Waals surface area contributed by atoms with Crippen LogP contribution >= 0.6 is 0 Å². The topological polar surface area (TPSA) is 139 Å². The molecule has 10 nitrogen and oxygen atoms in total. The van der Waals surface area contributed by atoms with Gasteiger partial charge in [-0.05, 0) is 18.2 Å². The molecule has 2 aromatic carbocycles. The first kappa shape index (κ1) is 19.6. The second-order valence-electron chi connectivity index (χ2n) is 5.67. The molecule has 1 aromatic heterocycles. The molecule has 0 bridgehead atoms. The van der Waals surface area contributed by atoms with Gasteiger partial charge in [-0.2, -0.15) is 13.2 Å². The van der Waals surface area contributed by atoms with Gasteiger partial charge in [0.1, 0.15) is 5.56 Å². The van der Waals surface area contributed by atoms with E-state index in [0.717, 1.165) is 0 Å². The van der Waals surface area contributed by atoms with Gasteiger partial charge in [0.15, 0.2) is 0 Å². The Bertz CT molecular complexity index is 1230. The number of halogens is 3. The maximum atomic E-state index is 13.1. The minimum absolute atomic E-state index is 0.317. The molecule has 13 heteroatoms. The van der Waals surface area contributed by atoms with Crippen molar-refractivity contribution in [3.63, 3.8) is 0 Å². The molecule has 0 saturated heterocycles. The van der Waals surface area contributed by atoms with Crippen molar-refractivity contribution in [3.05, 3.63) is 78.8 Å². The SMILES string of the molecule is O=C(Nc1ccccc1)Nn1c(=O)c(=O)[nH]c2cc(C(F)(F)F)c([N+](=O)[O-])cc21. The number of benzene rings is 2. The quantitative estimate of drug-likeness (QED) is 0.346. The van der Waals surface area contributed by atoms with Gasteiger partial charge in [0.05, 0.1) is 16.0 Å². The first-order chi connectivity index (χ1) is 13.6. The Hall–Kier alpha value is -4.16. The van der Waals surface area contributed by atoms with Crippen molar-refractivity contribution in [3.8, 4) is 0 Å². The van der Waals surface area contributed by atoms with Crippen molar-refractivity contribution in [1.82, 2.24) is 9.66 Å². The van der Waals surface area contributed by atoms with Gasteiger partial charge in [-0.25, -0.2) is 14.9 Å². The number of anilines is 1. The van der Waals surface area contributed by atoms with Gasteiger partial charge in [-0.1, -0.05) is 18.2 Å². The summed E-state index contributed by atoms with van der Waals surface area (Å²) < 4.78 is 39.7. The van der Waals surface area contributed by atoms with Crippen LogP contribution in [-0.2, 0) is 6.18 Å². The molecule has 29 heavy (non-hydrogen) atoms. The van der Waals surface area contributed by atoms with Crippen LogP contribution in [0.3, 0.4) is 0 Å². The van der Waals surface area contributed by atoms with Crippen LogP contribution in [0, 0.1) is 10.1 Å². The lowest BCUT2D eigenvalue weighted by Gasteiger charge is -2.14. The second kappa shape index (κ2) is 7.10. The van der Waals surface area contributed by atoms with Gasteiger partial charge in [-0.15, -0.1) is 0 Å². The molecule has 1 heterocycles. The predicted octanol–water partition coefficient (Wildman–Crippen LogP) is 2.39. The van der Waals surface area contributed by atoms with E-state index >= 15 is 0 Å². The Morgan fingerprint density at radius 3 is 2.38 bits per heavy atom. The van der Waals surface area contributed by atoms with Gasteiger partial charge in [0, 0.05) is 11.8 Å². The van der Waals surface area contributed by atoms with E-state index in [1.807, 2.05) is 10.4 Å². The van der Waals surface area contributed by atoms with Crippen molar-refractivity contribution in [2.75, 3.05) is 10.7 Å². The van der Waals surface area contributed by atoms with E-state index in [2.05, 4.69) is 5.32 Å². The first-order valence-electron chi connectivity index (χ1n) is 7.75. The Kier molecular flexibility index (Phi) is 4.80. The fourth-order valence-corrected chi connectivity index (χ4v) is 2.52. The highest BCUT2D eigenvalue weighted by Gasteiger charge is 2.39. The van der Waals surface area contributed by atoms with Crippen LogP contribution in [0.1, 0.15) is 5.56 Å². The van der Waals surface area contributed by atoms with Crippen LogP contribution in [0.25, 0.3) is 11.0 Å². The Balaban J connectivity index is 2.15. The maximum absolute atomic E-state index is 13.1. The van der Waals surface area contributed by atoms with E-state index < -0.39 is 50.5 Å². The lowest BCUT2D eigenvalue weighted by molar-refractivity contribution is -0.387. The number of hydrogen-bond acceptors (Lipinski definition) is 5. The first-order valence-corrected chi connectivity index (χ1v) is 7.75. The molecule has 3 aromatic rings. The Morgan fingerprint density at radius 1 is 1.14 bits per heavy atom. The van der Waals surface area contributed by atoms with Crippen molar-refractivity contribution in [1.29, 1.82) is 0 Å². The summed E-state index contributed by atoms with van der Waals surface area (Å²) in [6.45, 7) is 0. The third kappa shape index (κ3) is 3.92. The van der Waals surface area contributed by atoms with Crippen molar-refractivity contribution in [2.24, 2.45) is 0 Å². The number of amides is 2. The summed E-state index contributed by atoms with van der Waals surface area (Å²) in [5.41, 5.74) is -4.38. The number of para-hydroxylation sites is 1. The molecule has 3 N–H and O–H groups in total. The van der Waals surface area contributed by atoms with Crippen LogP contribution in [-0.4, -0.2) is 20.6 Å². The second-order valence-corrected chi connectivity index (χ2v) is 5.67. The van der Waals surface area contributed by atoms with E-state index in [0.29, 0.717) is 22.5 Å². The van der Waals surface area contributed by atoms with E-state index in [1.165, 1.54) is 12.1 Å². The number of hydrogen-bond donors (Lipinski definition) is 3. The Morgan fingerprint density at radius 2 is 1.79 bits per heavy atom. The Labute approximate surface area is 157 Å². The average molecular weight is 409 g/mol. The highest BCUT2D eigenvalue weighted by Crippen LogP contribution is 2.37. The summed E-state index contributed by atoms with van der Waals surface area (Å²) in [5, 5.41) is 13.4. The molecule has 2 amide bonds. The van der Waals surface area contributed by atoms with Gasteiger partial charge in [0.2, 0.25) is 0 Å². The van der Waals surface area contributed by atoms with Gasteiger partial charge in [-0.3, -0.25) is 19.7 Å². The van der Waals surface area contributed by atoms with E-state index in [-0.39, 0.29) is 0 Å². The third-order valence-electron chi connectivity index (χ3n) is 3.75. The number of fused-ring (bicyclic) bond motifs is 1. The molecule has 0 fully saturated rings. The van der Waals surface area contributed by atoms with E-state index in [1.54, 1.807) is 18.2 Å². The number of urea groups is 1. The van der Waals surface area contributed by atoms with Crippen molar-refractivity contribution in [2.45, 2.75) is 6.18 Å². The van der Waals surface area contributed by atoms with Crippen LogP contribution in [0.4, 0.5) is 29.3 Å². The number of aromatic nitrogens is 2. The predicted molar refractivity (Wildman–Crippen MR) is 95.3 cm³/mol. The normalized spacial score (nSPS) is 11.3. The highest BCUT2D eigenvalue weighted by molar-refractivity contribution is 5.96. The number of nitrogens with one attached hydrogen (secondary N) is 3. The fourth-order valence-electron chi connectivity index (χ4n) is 2.52. The van der Waals surface area contributed by atoms with Crippen LogP contribution in [0.15, 0.2) is 52.1 Å². The zero-order chi connectivity index (χ0) is 21.3. The summed E-state index contributed by atoms with van der Waals surface area (Å²) in [4.78, 5) is 47.8. The number of H-pyrrole nitrogens is 1. The summed E-state index contributed by atoms with van der Waals surface area (Å²) in [7, 11) is 0. The minimum Gasteiger partial charge on any atom is -0.316 e. The molecular formula is C16H10F3N5O5. The molecule has 0 aliphatic heterocycles. The van der Waals surface area contributed by atoms with Crippen molar-refractivity contribution < 1.29 is 22.9 Å². The monoisotopic (exact) mass is 409 g/mol. The number of carbonyl (C=O) groups is 1. The summed E-state index contributed by atoms with van der Waals surface area (Å²) in [5.74, 6) is 0. The van der Waals surface area contributed by atoms with Crippen LogP contribution in [0.2, 0.25) is 0 Å². The molecule has 0 atom stereocenters. The number of nitro groups is 1.